The van der Waals surface area contributed by atoms with E-state index in [0.717, 1.165) is 0 Å². The van der Waals surface area contributed by atoms with E-state index in [0.29, 0.717) is 0 Å². The van der Waals surface area contributed by atoms with E-state index in [2.05, 4.69) is 0 Å². The first-order valence-electron chi connectivity index (χ1n) is 1.32. The van der Waals surface area contributed by atoms with Crippen LogP contribution in [0.25, 0.3) is 0 Å². The molecule has 0 aromatic rings. The van der Waals surface area contributed by atoms with Gasteiger partial charge in [0.2, 0.25) is 0 Å². The van der Waals surface area contributed by atoms with Crippen LogP contribution in [0.3, 0.4) is 0 Å². The van der Waals surface area contributed by atoms with Gasteiger partial charge in [-0.15, -0.1) is 0 Å². The zero-order valence-electron chi connectivity index (χ0n) is 3.39. The van der Waals surface area contributed by atoms with Crippen LogP contribution in [0.4, 0.5) is 0 Å². The zero-order valence-corrected chi connectivity index (χ0v) is 4.67. The van der Waals surface area contributed by atoms with Gasteiger partial charge in [0, 0.05) is 0 Å². The van der Waals surface area contributed by atoms with Crippen LogP contribution < -0.4 is 0 Å². The van der Waals surface area contributed by atoms with Crippen molar-refractivity contribution in [3.63, 3.8) is 0 Å². The molecule has 0 saturated carbocycles. The molecule has 0 aliphatic rings. The van der Waals surface area contributed by atoms with Gasteiger partial charge in [0.25, 0.3) is 0 Å². The second kappa shape index (κ2) is 27.1. The topological polar surface area (TPSA) is 17.1 Å². The van der Waals surface area contributed by atoms with Gasteiger partial charge in [-0.2, -0.15) is 13.8 Å². The van der Waals surface area contributed by atoms with E-state index in [1.165, 1.54) is 16.2 Å². The first-order valence-corrected chi connectivity index (χ1v) is 1.84. The van der Waals surface area contributed by atoms with E-state index in [4.69, 9.17) is 3.80 Å². The van der Waals surface area contributed by atoms with Crippen LogP contribution in [0.1, 0.15) is 13.8 Å². The summed E-state index contributed by atoms with van der Waals surface area (Å²) in [5.41, 5.74) is 0. The standard InChI is InChI=1S/C3H7.Cr.O/c1-3-2;;/h3H,1-2H3;;/q-1;;. The molecule has 0 spiro atoms. The fraction of sp³-hybridized carbons (Fsp3) is 0.667. The Morgan fingerprint density at radius 1 is 1.40 bits per heavy atom. The Bertz CT molecular complexity index is 10.9. The Kier molecular flexibility index (Phi) is 48.8. The van der Waals surface area contributed by atoms with Crippen molar-refractivity contribution in [3.05, 3.63) is 6.42 Å². The average Bonchev–Trinajstić information content (AvgIpc) is 1.46. The van der Waals surface area contributed by atoms with Crippen LogP contribution in [0.2, 0.25) is 0 Å². The van der Waals surface area contributed by atoms with Crippen LogP contribution in [-0.2, 0) is 20.0 Å². The van der Waals surface area contributed by atoms with Gasteiger partial charge in [0.05, 0.1) is 0 Å². The maximum atomic E-state index is 8.12. The Morgan fingerprint density at radius 2 is 1.40 bits per heavy atom. The molecule has 0 N–H and O–H groups in total. The van der Waals surface area contributed by atoms with Crippen molar-refractivity contribution >= 4 is 0 Å². The maximum absolute atomic E-state index is 8.12. The summed E-state index contributed by atoms with van der Waals surface area (Å²) in [6, 6.07) is 0. The van der Waals surface area contributed by atoms with Crippen LogP contribution in [0.5, 0.6) is 0 Å². The first-order chi connectivity index (χ1) is 2.41. The van der Waals surface area contributed by atoms with E-state index in [1.807, 2.05) is 20.3 Å². The van der Waals surface area contributed by atoms with Crippen molar-refractivity contribution < 1.29 is 20.0 Å². The summed E-state index contributed by atoms with van der Waals surface area (Å²) in [6.45, 7) is 4.00. The molecule has 1 nitrogen and oxygen atoms in total. The van der Waals surface area contributed by atoms with Gasteiger partial charge in [-0.3, -0.25) is 0 Å². The fourth-order valence-electron chi connectivity index (χ4n) is 0. The molecule has 0 atom stereocenters. The molecule has 0 saturated heterocycles. The SMILES string of the molecule is C[CH-]C.[O]=[Cr]. The molecule has 0 unspecified atom stereocenters. The Balaban J connectivity index is 0. The fourth-order valence-corrected chi connectivity index (χ4v) is 0. The van der Waals surface area contributed by atoms with Crippen molar-refractivity contribution in [3.8, 4) is 0 Å². The van der Waals surface area contributed by atoms with Crippen LogP contribution in [0, 0.1) is 6.42 Å². The first kappa shape index (κ1) is 9.01. The molecule has 0 aliphatic carbocycles. The quantitative estimate of drug-likeness (QED) is 0.428. The van der Waals surface area contributed by atoms with Crippen molar-refractivity contribution in [1.29, 1.82) is 0 Å². The summed E-state index contributed by atoms with van der Waals surface area (Å²) < 4.78 is 8.12. The summed E-state index contributed by atoms with van der Waals surface area (Å²) in [5.74, 6) is 0. The molecule has 5 heavy (non-hydrogen) atoms. The van der Waals surface area contributed by atoms with Crippen LogP contribution in [-0.4, -0.2) is 0 Å². The van der Waals surface area contributed by atoms with E-state index in [9.17, 15) is 0 Å². The van der Waals surface area contributed by atoms with Crippen LogP contribution >= 0.6 is 0 Å². The van der Waals surface area contributed by atoms with Gasteiger partial charge in [0.1, 0.15) is 0 Å². The molecule has 0 fully saturated rings. The zero-order chi connectivity index (χ0) is 4.71. The van der Waals surface area contributed by atoms with Gasteiger partial charge in [-0.25, -0.2) is 0 Å². The van der Waals surface area contributed by atoms with Gasteiger partial charge < -0.3 is 6.42 Å². The molecule has 0 amide bonds. The summed E-state index contributed by atoms with van der Waals surface area (Å²) in [5, 5.41) is 0. The Labute approximate surface area is 41.0 Å². The monoisotopic (exact) mass is 111 g/mol. The summed E-state index contributed by atoms with van der Waals surface area (Å²) in [7, 11) is 0. The van der Waals surface area contributed by atoms with Crippen LogP contribution in [0.15, 0.2) is 0 Å². The van der Waals surface area contributed by atoms with Gasteiger partial charge in [-0.1, -0.05) is 0 Å². The summed E-state index contributed by atoms with van der Waals surface area (Å²) in [6.07, 6.45) is 2.00. The molecule has 32 valence electrons. The number of hydrogen-bond donors (Lipinski definition) is 0. The molecule has 0 aromatic heterocycles. The predicted molar refractivity (Wildman–Crippen MR) is 16.3 cm³/mol. The molecular formula is C3H7CrO-. The second-order valence-corrected chi connectivity index (χ2v) is 0.577. The molecule has 0 heterocycles. The van der Waals surface area contributed by atoms with Crippen molar-refractivity contribution in [1.82, 2.24) is 0 Å². The number of hydrogen-bond acceptors (Lipinski definition) is 1. The molecule has 0 aromatic carbocycles. The molecule has 0 aliphatic heterocycles. The van der Waals surface area contributed by atoms with E-state index in [-0.39, 0.29) is 0 Å². The molecule has 0 rings (SSSR count). The van der Waals surface area contributed by atoms with Crippen molar-refractivity contribution in [2.24, 2.45) is 0 Å². The molecule has 0 bridgehead atoms. The third kappa shape index (κ3) is 213. The molecule has 2 heteroatoms. The minimum atomic E-state index is 1.38. The molecular weight excluding hydrogens is 104 g/mol. The van der Waals surface area contributed by atoms with Gasteiger partial charge in [0.15, 0.2) is 0 Å². The van der Waals surface area contributed by atoms with Gasteiger partial charge >= 0.3 is 20.0 Å². The molecule has 0 radical (unpaired) electrons. The van der Waals surface area contributed by atoms with E-state index >= 15 is 0 Å². The van der Waals surface area contributed by atoms with Crippen molar-refractivity contribution in [2.45, 2.75) is 13.8 Å². The normalized spacial score (nSPS) is 4.40. The summed E-state index contributed by atoms with van der Waals surface area (Å²) in [4.78, 5) is 0. The summed E-state index contributed by atoms with van der Waals surface area (Å²) >= 11 is 1.38. The Hall–Kier alpha value is 0.332. The second-order valence-electron chi connectivity index (χ2n) is 0.577. The van der Waals surface area contributed by atoms with E-state index < -0.39 is 0 Å². The third-order valence-corrected chi connectivity index (χ3v) is 0. The third-order valence-electron chi connectivity index (χ3n) is 0. The number of rotatable bonds is 0. The van der Waals surface area contributed by atoms with Crippen molar-refractivity contribution in [2.75, 3.05) is 0 Å². The Morgan fingerprint density at radius 3 is 1.40 bits per heavy atom. The van der Waals surface area contributed by atoms with E-state index in [1.54, 1.807) is 0 Å². The van der Waals surface area contributed by atoms with Gasteiger partial charge in [-0.05, 0) is 0 Å². The predicted octanol–water partition coefficient (Wildman–Crippen LogP) is 1.11. The average molecular weight is 111 g/mol. The minimum absolute atomic E-state index is 1.38.